The predicted octanol–water partition coefficient (Wildman–Crippen LogP) is 4.41. The average molecular weight is 359 g/mol. The molecule has 1 aliphatic rings. The van der Waals surface area contributed by atoms with Crippen molar-refractivity contribution >= 4 is 39.0 Å². The van der Waals surface area contributed by atoms with Crippen LogP contribution >= 0.6 is 27.5 Å². The Bertz CT molecular complexity index is 551. The molecular weight excluding hydrogens is 342 g/mol. The predicted molar refractivity (Wildman–Crippen MR) is 84.5 cm³/mol. The summed E-state index contributed by atoms with van der Waals surface area (Å²) in [5, 5.41) is 2.65. The third-order valence-electron chi connectivity index (χ3n) is 3.14. The Balaban J connectivity index is 2.54. The second-order valence-corrected chi connectivity index (χ2v) is 6.40. The highest BCUT2D eigenvalue weighted by molar-refractivity contribution is 9.09. The second-order valence-electron chi connectivity index (χ2n) is 5.41. The zero-order chi connectivity index (χ0) is 14.9. The molecule has 0 bridgehead atoms. The summed E-state index contributed by atoms with van der Waals surface area (Å²) < 4.78 is 0. The minimum absolute atomic E-state index is 0.126. The summed E-state index contributed by atoms with van der Waals surface area (Å²) >= 11 is 9.39. The van der Waals surface area contributed by atoms with Crippen molar-refractivity contribution in [2.75, 3.05) is 5.33 Å². The first kappa shape index (κ1) is 15.5. The number of hydroxylamine groups is 2. The number of halogens is 2. The Morgan fingerprint density at radius 2 is 2.00 bits per heavy atom. The Hall–Kier alpha value is -0.840. The summed E-state index contributed by atoms with van der Waals surface area (Å²) in [5.41, 5.74) is 2.59. The minimum Gasteiger partial charge on any atom is -0.273 e. The van der Waals surface area contributed by atoms with Crippen molar-refractivity contribution in [2.45, 2.75) is 32.8 Å². The van der Waals surface area contributed by atoms with Gasteiger partial charge in [0.25, 0.3) is 0 Å². The van der Waals surface area contributed by atoms with Crippen LogP contribution in [0, 0.1) is 0 Å². The van der Waals surface area contributed by atoms with E-state index in [0.717, 1.165) is 23.3 Å². The van der Waals surface area contributed by atoms with Crippen LogP contribution in [-0.4, -0.2) is 21.9 Å². The van der Waals surface area contributed by atoms with Crippen molar-refractivity contribution in [3.8, 4) is 0 Å². The Labute approximate surface area is 132 Å². The summed E-state index contributed by atoms with van der Waals surface area (Å²) in [6, 6.07) is 7.66. The van der Waals surface area contributed by atoms with Gasteiger partial charge in [-0.1, -0.05) is 39.7 Å². The molecule has 1 aliphatic heterocycles. The molecule has 20 heavy (non-hydrogen) atoms. The molecule has 5 heteroatoms. The van der Waals surface area contributed by atoms with E-state index in [1.54, 1.807) is 0 Å². The van der Waals surface area contributed by atoms with Gasteiger partial charge < -0.3 is 0 Å². The number of rotatable bonds is 2. The van der Waals surface area contributed by atoms with Gasteiger partial charge in [-0.05, 0) is 37.1 Å². The fraction of sp³-hybridized carbons (Fsp3) is 0.400. The first-order valence-corrected chi connectivity index (χ1v) is 7.88. The summed E-state index contributed by atoms with van der Waals surface area (Å²) in [4.78, 5) is 17.6. The van der Waals surface area contributed by atoms with Crippen LogP contribution in [0.2, 0.25) is 5.02 Å². The van der Waals surface area contributed by atoms with Crippen LogP contribution in [0.15, 0.2) is 30.0 Å². The lowest BCUT2D eigenvalue weighted by Gasteiger charge is -2.39. The number of carbonyl (C=O) groups excluding carboxylic acids is 1. The molecule has 2 rings (SSSR count). The highest BCUT2D eigenvalue weighted by Crippen LogP contribution is 2.38. The lowest BCUT2D eigenvalue weighted by atomic mass is 9.90. The van der Waals surface area contributed by atoms with E-state index in [1.807, 2.05) is 38.1 Å². The largest absolute Gasteiger partial charge is 0.273 e. The van der Waals surface area contributed by atoms with E-state index in [1.165, 1.54) is 12.0 Å². The van der Waals surface area contributed by atoms with E-state index in [-0.39, 0.29) is 5.91 Å². The summed E-state index contributed by atoms with van der Waals surface area (Å²) in [5.74, 6) is -0.126. The number of hydrogen-bond donors (Lipinski definition) is 0. The van der Waals surface area contributed by atoms with Crippen LogP contribution in [0.1, 0.15) is 32.8 Å². The van der Waals surface area contributed by atoms with Crippen molar-refractivity contribution in [3.63, 3.8) is 0 Å². The maximum atomic E-state index is 11.8. The van der Waals surface area contributed by atoms with E-state index < -0.39 is 5.60 Å². The lowest BCUT2D eigenvalue weighted by Crippen LogP contribution is -2.43. The van der Waals surface area contributed by atoms with Gasteiger partial charge in [-0.2, -0.15) is 5.06 Å². The van der Waals surface area contributed by atoms with Gasteiger partial charge in [0, 0.05) is 23.7 Å². The lowest BCUT2D eigenvalue weighted by molar-refractivity contribution is -0.218. The van der Waals surface area contributed by atoms with Crippen molar-refractivity contribution in [3.05, 3.63) is 40.5 Å². The third kappa shape index (κ3) is 3.25. The van der Waals surface area contributed by atoms with Crippen LogP contribution in [0.5, 0.6) is 0 Å². The molecule has 0 aliphatic carbocycles. The van der Waals surface area contributed by atoms with E-state index in [9.17, 15) is 4.79 Å². The van der Waals surface area contributed by atoms with E-state index >= 15 is 0 Å². The zero-order valence-electron chi connectivity index (χ0n) is 11.7. The second kappa shape index (κ2) is 5.88. The van der Waals surface area contributed by atoms with Crippen LogP contribution in [0.3, 0.4) is 0 Å². The summed E-state index contributed by atoms with van der Waals surface area (Å²) in [7, 11) is 0. The van der Waals surface area contributed by atoms with Crippen molar-refractivity contribution in [2.24, 2.45) is 0 Å². The van der Waals surface area contributed by atoms with Crippen LogP contribution in [-0.2, 0) is 9.63 Å². The van der Waals surface area contributed by atoms with E-state index in [4.69, 9.17) is 16.4 Å². The highest BCUT2D eigenvalue weighted by Gasteiger charge is 2.35. The Kier molecular flexibility index (Phi) is 4.57. The van der Waals surface area contributed by atoms with Crippen molar-refractivity contribution in [1.29, 1.82) is 0 Å². The normalized spacial score (nSPS) is 18.4. The monoisotopic (exact) mass is 357 g/mol. The topological polar surface area (TPSA) is 29.5 Å². The smallest absolute Gasteiger partial charge is 0.247 e. The quantitative estimate of drug-likeness (QED) is 0.733. The van der Waals surface area contributed by atoms with Gasteiger partial charge in [0.05, 0.1) is 11.3 Å². The molecule has 1 aromatic rings. The van der Waals surface area contributed by atoms with Crippen molar-refractivity contribution < 1.29 is 9.63 Å². The van der Waals surface area contributed by atoms with Gasteiger partial charge in [0.15, 0.2) is 0 Å². The van der Waals surface area contributed by atoms with Gasteiger partial charge in [-0.3, -0.25) is 9.63 Å². The molecule has 1 amide bonds. The molecule has 1 heterocycles. The number of allylic oxidation sites excluding steroid dienone is 1. The number of carbonyl (C=O) groups is 1. The fourth-order valence-corrected chi connectivity index (χ4v) is 2.99. The number of hydrogen-bond acceptors (Lipinski definition) is 2. The molecule has 108 valence electrons. The minimum atomic E-state index is -0.424. The molecule has 0 radical (unpaired) electrons. The number of benzene rings is 1. The van der Waals surface area contributed by atoms with Gasteiger partial charge in [0.2, 0.25) is 5.91 Å². The van der Waals surface area contributed by atoms with Gasteiger partial charge in [0.1, 0.15) is 0 Å². The first-order chi connectivity index (χ1) is 9.34. The third-order valence-corrected chi connectivity index (χ3v) is 3.92. The molecule has 0 spiro atoms. The maximum Gasteiger partial charge on any atom is 0.247 e. The zero-order valence-corrected chi connectivity index (χ0v) is 14.1. The molecule has 3 nitrogen and oxygen atoms in total. The van der Waals surface area contributed by atoms with Gasteiger partial charge in [-0.15, -0.1) is 0 Å². The number of amides is 1. The standard InChI is InChI=1S/C15H17BrClNO2/c1-10(19)18-14(9-16)13(8-15(2,3)20-18)11-4-6-12(17)7-5-11/h4-7H,8-9H2,1-3H3. The molecule has 0 atom stereocenters. The SMILES string of the molecule is CC(=O)N1OC(C)(C)CC(c2ccc(Cl)cc2)=C1CBr. The maximum absolute atomic E-state index is 11.8. The molecular formula is C15H17BrClNO2. The Morgan fingerprint density at radius 1 is 1.40 bits per heavy atom. The molecule has 0 unspecified atom stereocenters. The fourth-order valence-electron chi connectivity index (χ4n) is 2.29. The summed E-state index contributed by atoms with van der Waals surface area (Å²) in [6.07, 6.45) is 0.735. The molecule has 0 saturated carbocycles. The van der Waals surface area contributed by atoms with E-state index in [2.05, 4.69) is 15.9 Å². The van der Waals surface area contributed by atoms with Gasteiger partial charge in [-0.25, -0.2) is 0 Å². The average Bonchev–Trinajstić information content (AvgIpc) is 2.37. The molecule has 0 N–H and O–H groups in total. The molecule has 1 aromatic carbocycles. The molecule has 0 aromatic heterocycles. The molecule has 0 fully saturated rings. The highest BCUT2D eigenvalue weighted by atomic mass is 79.9. The van der Waals surface area contributed by atoms with Crippen molar-refractivity contribution in [1.82, 2.24) is 5.06 Å². The number of nitrogens with zero attached hydrogens (tertiary/aromatic N) is 1. The first-order valence-electron chi connectivity index (χ1n) is 6.38. The van der Waals surface area contributed by atoms with Crippen LogP contribution < -0.4 is 0 Å². The Morgan fingerprint density at radius 3 is 2.50 bits per heavy atom. The summed E-state index contributed by atoms with van der Waals surface area (Å²) in [6.45, 7) is 5.46. The van der Waals surface area contributed by atoms with Gasteiger partial charge >= 0.3 is 0 Å². The van der Waals surface area contributed by atoms with Crippen LogP contribution in [0.25, 0.3) is 5.57 Å². The van der Waals surface area contributed by atoms with E-state index in [0.29, 0.717) is 10.4 Å². The number of alkyl halides is 1. The van der Waals surface area contributed by atoms with Crippen LogP contribution in [0.4, 0.5) is 0 Å². The molecule has 0 saturated heterocycles.